The van der Waals surface area contributed by atoms with Crippen LogP contribution < -0.4 is 0 Å². The van der Waals surface area contributed by atoms with Crippen LogP contribution in [-0.2, 0) is 9.53 Å². The lowest BCUT2D eigenvalue weighted by molar-refractivity contribution is -0.170. The number of carbonyl (C=O) groups excluding carboxylic acids is 1. The fourth-order valence-corrected chi connectivity index (χ4v) is 6.36. The highest BCUT2D eigenvalue weighted by atomic mass is 16.5. The second-order valence-corrected chi connectivity index (χ2v) is 9.73. The molecule has 0 bridgehead atoms. The van der Waals surface area contributed by atoms with Gasteiger partial charge in [0, 0.05) is 18.3 Å². The fourth-order valence-electron chi connectivity index (χ4n) is 6.36. The average Bonchev–Trinajstić information content (AvgIpc) is 2.50. The van der Waals surface area contributed by atoms with Gasteiger partial charge in [0.1, 0.15) is 6.10 Å². The topological polar surface area (TPSA) is 46.5 Å². The van der Waals surface area contributed by atoms with E-state index in [0.29, 0.717) is 5.92 Å². The molecule has 0 heterocycles. The highest BCUT2D eigenvalue weighted by Crippen LogP contribution is 2.64. The molecule has 25 heavy (non-hydrogen) atoms. The standard InChI is InChI=1S/C22H34O3/c1-7-21(5)12-15-8-9-17-20(3,4)18(24)10-11-22(17,6)19(15)16(13-21)25-14(2)23/h7,12,16-19,24H,1,8-11,13H2,2-6H3/t16-,17+,18+,19-,21-,22+/m1/s1. The largest absolute Gasteiger partial charge is 0.462 e. The van der Waals surface area contributed by atoms with Crippen molar-refractivity contribution in [2.24, 2.45) is 28.1 Å². The minimum atomic E-state index is -0.245. The van der Waals surface area contributed by atoms with E-state index in [4.69, 9.17) is 4.74 Å². The first kappa shape index (κ1) is 18.7. The van der Waals surface area contributed by atoms with Crippen LogP contribution in [0.4, 0.5) is 0 Å². The van der Waals surface area contributed by atoms with Crippen LogP contribution in [-0.4, -0.2) is 23.3 Å². The van der Waals surface area contributed by atoms with Gasteiger partial charge in [-0.3, -0.25) is 4.79 Å². The Morgan fingerprint density at radius 2 is 2.00 bits per heavy atom. The molecule has 3 aliphatic rings. The number of fused-ring (bicyclic) bond motifs is 3. The molecule has 3 nitrogen and oxygen atoms in total. The molecule has 0 saturated heterocycles. The van der Waals surface area contributed by atoms with E-state index in [1.54, 1.807) is 0 Å². The first-order valence-electron chi connectivity index (χ1n) is 9.74. The van der Waals surface area contributed by atoms with E-state index in [9.17, 15) is 9.90 Å². The number of esters is 1. The van der Waals surface area contributed by atoms with E-state index in [2.05, 4.69) is 40.3 Å². The summed E-state index contributed by atoms with van der Waals surface area (Å²) in [6.45, 7) is 14.5. The molecule has 0 aromatic rings. The van der Waals surface area contributed by atoms with Crippen molar-refractivity contribution in [1.29, 1.82) is 0 Å². The Hall–Kier alpha value is -1.09. The highest BCUT2D eigenvalue weighted by molar-refractivity contribution is 5.66. The van der Waals surface area contributed by atoms with Gasteiger partial charge in [0.25, 0.3) is 0 Å². The smallest absolute Gasteiger partial charge is 0.302 e. The van der Waals surface area contributed by atoms with E-state index < -0.39 is 0 Å². The first-order chi connectivity index (χ1) is 11.5. The molecule has 1 N–H and O–H groups in total. The van der Waals surface area contributed by atoms with Crippen molar-refractivity contribution in [2.45, 2.75) is 78.9 Å². The molecule has 3 rings (SSSR count). The van der Waals surface area contributed by atoms with Crippen molar-refractivity contribution >= 4 is 5.97 Å². The number of hydrogen-bond acceptors (Lipinski definition) is 3. The molecule has 2 fully saturated rings. The maximum absolute atomic E-state index is 11.8. The van der Waals surface area contributed by atoms with Gasteiger partial charge in [-0.2, -0.15) is 0 Å². The monoisotopic (exact) mass is 346 g/mol. The maximum Gasteiger partial charge on any atom is 0.302 e. The minimum Gasteiger partial charge on any atom is -0.462 e. The molecule has 0 spiro atoms. The average molecular weight is 347 g/mol. The van der Waals surface area contributed by atoms with E-state index in [1.807, 2.05) is 6.08 Å². The van der Waals surface area contributed by atoms with E-state index in [1.165, 1.54) is 12.5 Å². The predicted octanol–water partition coefficient (Wildman–Crippen LogP) is 4.65. The second kappa shape index (κ2) is 5.97. The third kappa shape index (κ3) is 2.89. The summed E-state index contributed by atoms with van der Waals surface area (Å²) in [5.41, 5.74) is 1.29. The van der Waals surface area contributed by atoms with Crippen molar-refractivity contribution < 1.29 is 14.6 Å². The van der Waals surface area contributed by atoms with E-state index >= 15 is 0 Å². The van der Waals surface area contributed by atoms with Crippen LogP contribution >= 0.6 is 0 Å². The van der Waals surface area contributed by atoms with Gasteiger partial charge in [0.2, 0.25) is 0 Å². The van der Waals surface area contributed by atoms with Crippen LogP contribution in [0.3, 0.4) is 0 Å². The van der Waals surface area contributed by atoms with E-state index in [0.717, 1.165) is 32.1 Å². The van der Waals surface area contributed by atoms with Crippen LogP contribution in [0.15, 0.2) is 24.3 Å². The molecule has 0 unspecified atom stereocenters. The minimum absolute atomic E-state index is 0.0649. The summed E-state index contributed by atoms with van der Waals surface area (Å²) >= 11 is 0. The van der Waals surface area contributed by atoms with Crippen molar-refractivity contribution in [1.82, 2.24) is 0 Å². The molecule has 3 aliphatic carbocycles. The summed E-state index contributed by atoms with van der Waals surface area (Å²) in [4.78, 5) is 11.8. The Morgan fingerprint density at radius 3 is 2.60 bits per heavy atom. The Morgan fingerprint density at radius 1 is 1.32 bits per heavy atom. The maximum atomic E-state index is 11.8. The first-order valence-corrected chi connectivity index (χ1v) is 9.74. The Bertz CT molecular complexity index is 604. The summed E-state index contributed by atoms with van der Waals surface area (Å²) in [6, 6.07) is 0. The fraction of sp³-hybridized carbons (Fsp3) is 0.773. The van der Waals surface area contributed by atoms with Crippen LogP contribution in [0.2, 0.25) is 0 Å². The molecule has 2 saturated carbocycles. The molecular formula is C22H34O3. The van der Waals surface area contributed by atoms with Crippen molar-refractivity contribution in [3.63, 3.8) is 0 Å². The van der Waals surface area contributed by atoms with Crippen LogP contribution in [0.1, 0.15) is 66.7 Å². The molecule has 0 aromatic carbocycles. The molecule has 0 aromatic heterocycles. The Labute approximate surface area is 152 Å². The van der Waals surface area contributed by atoms with Crippen molar-refractivity contribution in [3.8, 4) is 0 Å². The lowest BCUT2D eigenvalue weighted by Crippen LogP contribution is -2.58. The van der Waals surface area contributed by atoms with Gasteiger partial charge in [-0.1, -0.05) is 45.4 Å². The molecule has 0 aliphatic heterocycles. The molecule has 3 heteroatoms. The summed E-state index contributed by atoms with van der Waals surface area (Å²) in [7, 11) is 0. The number of carbonyl (C=O) groups is 1. The number of aliphatic hydroxyl groups is 1. The van der Waals surface area contributed by atoms with Gasteiger partial charge in [0.15, 0.2) is 0 Å². The zero-order valence-electron chi connectivity index (χ0n) is 16.5. The molecular weight excluding hydrogens is 312 g/mol. The molecule has 6 atom stereocenters. The second-order valence-electron chi connectivity index (χ2n) is 9.73. The van der Waals surface area contributed by atoms with Crippen molar-refractivity contribution in [3.05, 3.63) is 24.3 Å². The molecule has 0 amide bonds. The summed E-state index contributed by atoms with van der Waals surface area (Å²) in [6.07, 6.45) is 8.80. The van der Waals surface area contributed by atoms with Gasteiger partial charge in [-0.05, 0) is 48.9 Å². The van der Waals surface area contributed by atoms with E-state index in [-0.39, 0.29) is 40.3 Å². The predicted molar refractivity (Wildman–Crippen MR) is 99.9 cm³/mol. The van der Waals surface area contributed by atoms with Crippen LogP contribution in [0.25, 0.3) is 0 Å². The van der Waals surface area contributed by atoms with Crippen LogP contribution in [0.5, 0.6) is 0 Å². The SMILES string of the molecule is C=C[C@]1(C)C=C2CC[C@H]3C(C)(C)[C@@H](O)CC[C@]3(C)[C@H]2[C@H](OC(C)=O)C1. The summed E-state index contributed by atoms with van der Waals surface area (Å²) in [5.74, 6) is 0.505. The summed E-state index contributed by atoms with van der Waals surface area (Å²) in [5, 5.41) is 10.6. The van der Waals surface area contributed by atoms with Gasteiger partial charge in [-0.25, -0.2) is 0 Å². The number of aliphatic hydroxyl groups excluding tert-OH is 1. The third-order valence-electron chi connectivity index (χ3n) is 7.65. The lowest BCUT2D eigenvalue weighted by Gasteiger charge is -2.61. The number of hydrogen-bond donors (Lipinski definition) is 1. The van der Waals surface area contributed by atoms with Crippen molar-refractivity contribution in [2.75, 3.05) is 0 Å². The molecule has 140 valence electrons. The lowest BCUT2D eigenvalue weighted by atomic mass is 9.44. The quantitative estimate of drug-likeness (QED) is 0.584. The Balaban J connectivity index is 2.06. The normalized spacial score (nSPS) is 45.6. The summed E-state index contributed by atoms with van der Waals surface area (Å²) < 4.78 is 5.88. The number of rotatable bonds is 2. The van der Waals surface area contributed by atoms with Gasteiger partial charge < -0.3 is 9.84 Å². The van der Waals surface area contributed by atoms with Gasteiger partial charge >= 0.3 is 5.97 Å². The van der Waals surface area contributed by atoms with Crippen LogP contribution in [0, 0.1) is 28.1 Å². The van der Waals surface area contributed by atoms with Gasteiger partial charge in [0.05, 0.1) is 6.10 Å². The third-order valence-corrected chi connectivity index (χ3v) is 7.65. The molecule has 0 radical (unpaired) electrons. The number of allylic oxidation sites excluding steroid dienone is 2. The highest BCUT2D eigenvalue weighted by Gasteiger charge is 2.59. The number of ether oxygens (including phenoxy) is 1. The zero-order chi connectivity index (χ0) is 18.6. The Kier molecular flexibility index (Phi) is 4.47. The zero-order valence-corrected chi connectivity index (χ0v) is 16.5. The van der Waals surface area contributed by atoms with Gasteiger partial charge in [-0.15, -0.1) is 6.58 Å².